The number of sulfone groups is 1. The van der Waals surface area contributed by atoms with Crippen LogP contribution in [0.3, 0.4) is 0 Å². The maximum Gasteiger partial charge on any atom is 0.151 e. The molecule has 1 fully saturated rings. The maximum absolute atomic E-state index is 14.3. The van der Waals surface area contributed by atoms with Crippen molar-refractivity contribution in [1.29, 1.82) is 0 Å². The zero-order valence-corrected chi connectivity index (χ0v) is 17.8. The van der Waals surface area contributed by atoms with E-state index in [1.54, 1.807) is 11.0 Å². The fourth-order valence-electron chi connectivity index (χ4n) is 3.52. The van der Waals surface area contributed by atoms with Gasteiger partial charge < -0.3 is 9.84 Å². The van der Waals surface area contributed by atoms with Crippen LogP contribution in [0.1, 0.15) is 17.5 Å². The van der Waals surface area contributed by atoms with Crippen LogP contribution in [0, 0.1) is 12.7 Å². The molecule has 1 aliphatic heterocycles. The van der Waals surface area contributed by atoms with Crippen LogP contribution in [-0.4, -0.2) is 55.2 Å². The number of hydrogen-bond donors (Lipinski definition) is 1. The summed E-state index contributed by atoms with van der Waals surface area (Å²) in [5.74, 6) is 0.312. The quantitative estimate of drug-likeness (QED) is 0.681. The molecule has 8 heteroatoms. The van der Waals surface area contributed by atoms with E-state index in [0.29, 0.717) is 17.7 Å². The highest BCUT2D eigenvalue weighted by atomic mass is 35.5. The maximum atomic E-state index is 14.3. The minimum Gasteiger partial charge on any atom is -0.491 e. The minimum atomic E-state index is -3.13. The third-order valence-electron chi connectivity index (χ3n) is 5.12. The average Bonchev–Trinajstić information content (AvgIpc) is 3.03. The van der Waals surface area contributed by atoms with Crippen LogP contribution in [0.4, 0.5) is 4.39 Å². The fourth-order valence-corrected chi connectivity index (χ4v) is 5.50. The topological polar surface area (TPSA) is 66.8 Å². The van der Waals surface area contributed by atoms with E-state index in [0.717, 1.165) is 5.56 Å². The summed E-state index contributed by atoms with van der Waals surface area (Å²) in [7, 11) is -3.13. The number of benzene rings is 2. The first kappa shape index (κ1) is 22.0. The van der Waals surface area contributed by atoms with E-state index in [1.807, 2.05) is 31.2 Å². The Morgan fingerprint density at radius 3 is 2.69 bits per heavy atom. The number of aryl methyl sites for hydroxylation is 1. The first-order valence-electron chi connectivity index (χ1n) is 9.49. The van der Waals surface area contributed by atoms with Gasteiger partial charge in [0.2, 0.25) is 0 Å². The Morgan fingerprint density at radius 2 is 2.03 bits per heavy atom. The van der Waals surface area contributed by atoms with Crippen LogP contribution in [0.5, 0.6) is 5.75 Å². The number of hydrogen-bond acceptors (Lipinski definition) is 5. The second-order valence-corrected chi connectivity index (χ2v) is 10.1. The van der Waals surface area contributed by atoms with E-state index in [-0.39, 0.29) is 42.3 Å². The van der Waals surface area contributed by atoms with E-state index < -0.39 is 21.8 Å². The summed E-state index contributed by atoms with van der Waals surface area (Å²) in [6.45, 7) is 2.23. The lowest BCUT2D eigenvalue weighted by atomic mass is 10.1. The van der Waals surface area contributed by atoms with E-state index in [1.165, 1.54) is 12.1 Å². The first-order chi connectivity index (χ1) is 13.7. The molecule has 158 valence electrons. The Hall–Kier alpha value is -1.67. The van der Waals surface area contributed by atoms with E-state index >= 15 is 0 Å². The van der Waals surface area contributed by atoms with Gasteiger partial charge in [-0.3, -0.25) is 4.90 Å². The third kappa shape index (κ3) is 5.92. The molecule has 0 radical (unpaired) electrons. The van der Waals surface area contributed by atoms with Crippen molar-refractivity contribution in [3.63, 3.8) is 0 Å². The molecule has 3 rings (SSSR count). The second-order valence-electron chi connectivity index (χ2n) is 7.42. The summed E-state index contributed by atoms with van der Waals surface area (Å²) < 4.78 is 43.9. The molecular weight excluding hydrogens is 417 g/mol. The first-order valence-corrected chi connectivity index (χ1v) is 11.7. The molecule has 1 N–H and O–H groups in total. The van der Waals surface area contributed by atoms with Crippen molar-refractivity contribution in [2.24, 2.45) is 0 Å². The number of nitrogens with zero attached hydrogens (tertiary/aromatic N) is 1. The number of ether oxygens (including phenoxy) is 1. The normalized spacial score (nSPS) is 19.4. The molecule has 2 unspecified atom stereocenters. The van der Waals surface area contributed by atoms with Gasteiger partial charge >= 0.3 is 0 Å². The van der Waals surface area contributed by atoms with Crippen molar-refractivity contribution in [1.82, 2.24) is 4.90 Å². The molecule has 2 aromatic carbocycles. The van der Waals surface area contributed by atoms with E-state index in [2.05, 4.69) is 0 Å². The number of para-hydroxylation sites is 1. The predicted molar refractivity (Wildman–Crippen MR) is 112 cm³/mol. The van der Waals surface area contributed by atoms with Crippen molar-refractivity contribution in [3.8, 4) is 5.75 Å². The highest BCUT2D eigenvalue weighted by molar-refractivity contribution is 7.91. The van der Waals surface area contributed by atoms with Gasteiger partial charge in [0.15, 0.2) is 9.84 Å². The van der Waals surface area contributed by atoms with Gasteiger partial charge in [-0.2, -0.15) is 0 Å². The number of aliphatic hydroxyl groups excluding tert-OH is 1. The van der Waals surface area contributed by atoms with Crippen LogP contribution >= 0.6 is 11.6 Å². The Morgan fingerprint density at radius 1 is 1.28 bits per heavy atom. The van der Waals surface area contributed by atoms with Gasteiger partial charge in [0, 0.05) is 29.7 Å². The van der Waals surface area contributed by atoms with Crippen molar-refractivity contribution >= 4 is 21.4 Å². The summed E-state index contributed by atoms with van der Waals surface area (Å²) in [5.41, 5.74) is 1.25. The molecule has 2 atom stereocenters. The van der Waals surface area contributed by atoms with E-state index in [4.69, 9.17) is 16.3 Å². The van der Waals surface area contributed by atoms with Gasteiger partial charge in [-0.25, -0.2) is 12.8 Å². The predicted octanol–water partition coefficient (Wildman–Crippen LogP) is 3.22. The summed E-state index contributed by atoms with van der Waals surface area (Å²) in [4.78, 5) is 1.79. The lowest BCUT2D eigenvalue weighted by molar-refractivity contribution is 0.0518. The molecule has 0 aromatic heterocycles. The molecule has 2 aromatic rings. The number of aliphatic hydroxyl groups is 1. The largest absolute Gasteiger partial charge is 0.491 e. The van der Waals surface area contributed by atoms with Crippen LogP contribution in [0.2, 0.25) is 5.02 Å². The van der Waals surface area contributed by atoms with Gasteiger partial charge in [-0.05, 0) is 37.1 Å². The van der Waals surface area contributed by atoms with Gasteiger partial charge in [0.25, 0.3) is 0 Å². The molecule has 5 nitrogen and oxygen atoms in total. The third-order valence-corrected chi connectivity index (χ3v) is 7.22. The SMILES string of the molecule is Cc1ccccc1OCC(O)CN(Cc1c(F)cccc1Cl)C1CCS(=O)(=O)C1. The molecule has 1 aliphatic rings. The molecule has 0 saturated carbocycles. The minimum absolute atomic E-state index is 0.00948. The highest BCUT2D eigenvalue weighted by Gasteiger charge is 2.33. The van der Waals surface area contributed by atoms with Crippen molar-refractivity contribution < 1.29 is 22.7 Å². The fraction of sp³-hybridized carbons (Fsp3) is 0.429. The Balaban J connectivity index is 1.72. The van der Waals surface area contributed by atoms with Crippen molar-refractivity contribution in [3.05, 3.63) is 64.4 Å². The van der Waals surface area contributed by atoms with Crippen LogP contribution in [0.15, 0.2) is 42.5 Å². The molecule has 0 spiro atoms. The summed E-state index contributed by atoms with van der Waals surface area (Å²) >= 11 is 6.16. The number of halogens is 2. The zero-order valence-electron chi connectivity index (χ0n) is 16.2. The molecular formula is C21H25ClFNO4S. The zero-order chi connectivity index (χ0) is 21.0. The molecule has 29 heavy (non-hydrogen) atoms. The van der Waals surface area contributed by atoms with Gasteiger partial charge in [0.05, 0.1) is 11.5 Å². The van der Waals surface area contributed by atoms with Gasteiger partial charge in [-0.15, -0.1) is 0 Å². The van der Waals surface area contributed by atoms with Gasteiger partial charge in [-0.1, -0.05) is 35.9 Å². The van der Waals surface area contributed by atoms with Crippen molar-refractivity contribution in [2.45, 2.75) is 32.0 Å². The van der Waals surface area contributed by atoms with Gasteiger partial charge in [0.1, 0.15) is 24.3 Å². The average molecular weight is 442 g/mol. The number of rotatable bonds is 8. The summed E-state index contributed by atoms with van der Waals surface area (Å²) in [5, 5.41) is 10.8. The van der Waals surface area contributed by atoms with Crippen LogP contribution in [-0.2, 0) is 16.4 Å². The molecule has 1 saturated heterocycles. The lowest BCUT2D eigenvalue weighted by Crippen LogP contribution is -2.42. The Kier molecular flexibility index (Phi) is 7.16. The smallest absolute Gasteiger partial charge is 0.151 e. The Bertz CT molecular complexity index is 933. The Labute approximate surface area is 176 Å². The molecule has 1 heterocycles. The van der Waals surface area contributed by atoms with E-state index in [9.17, 15) is 17.9 Å². The summed E-state index contributed by atoms with van der Waals surface area (Å²) in [6.07, 6.45) is -0.428. The summed E-state index contributed by atoms with van der Waals surface area (Å²) in [6, 6.07) is 11.6. The highest BCUT2D eigenvalue weighted by Crippen LogP contribution is 2.25. The van der Waals surface area contributed by atoms with Crippen LogP contribution in [0.25, 0.3) is 0 Å². The standard InChI is InChI=1S/C21H25ClFNO4S/c1-15-5-2-3-8-21(15)28-13-17(25)11-24(16-9-10-29(26,27)14-16)12-18-19(22)6-4-7-20(18)23/h2-8,16-17,25H,9-14H2,1H3. The van der Waals surface area contributed by atoms with Crippen molar-refractivity contribution in [2.75, 3.05) is 24.7 Å². The van der Waals surface area contributed by atoms with Crippen LogP contribution < -0.4 is 4.74 Å². The molecule has 0 amide bonds. The second kappa shape index (κ2) is 9.43. The molecule has 0 bridgehead atoms. The monoisotopic (exact) mass is 441 g/mol. The lowest BCUT2D eigenvalue weighted by Gasteiger charge is -2.30. The molecule has 0 aliphatic carbocycles.